The molecule has 4 aliphatic rings. The Balaban J connectivity index is 1.99. The zero-order valence-corrected chi connectivity index (χ0v) is 15.1. The molecule has 0 saturated heterocycles. The van der Waals surface area contributed by atoms with Gasteiger partial charge in [0.25, 0.3) is 0 Å². The average molecular weight is 318 g/mol. The van der Waals surface area contributed by atoms with Gasteiger partial charge in [-0.15, -0.1) is 0 Å². The molecule has 6 atom stereocenters. The van der Waals surface area contributed by atoms with Crippen LogP contribution in [0.25, 0.3) is 0 Å². The van der Waals surface area contributed by atoms with Crippen LogP contribution in [0.3, 0.4) is 0 Å². The van der Waals surface area contributed by atoms with Crippen molar-refractivity contribution in [3.05, 3.63) is 11.1 Å². The monoisotopic (exact) mass is 318 g/mol. The van der Waals surface area contributed by atoms with E-state index in [1.807, 2.05) is 0 Å². The minimum atomic E-state index is -1.03. The molecule has 0 aromatic rings. The highest BCUT2D eigenvalue weighted by Crippen LogP contribution is 2.77. The summed E-state index contributed by atoms with van der Waals surface area (Å²) in [5.74, 6) is 0.699. The second-order valence-electron chi connectivity index (χ2n) is 9.62. The van der Waals surface area contributed by atoms with Gasteiger partial charge < -0.3 is 10.2 Å². The third-order valence-corrected chi connectivity index (χ3v) is 8.85. The van der Waals surface area contributed by atoms with Gasteiger partial charge in [-0.05, 0) is 43.9 Å². The Morgan fingerprint density at radius 2 is 1.83 bits per heavy atom. The average Bonchev–Trinajstić information content (AvgIpc) is 2.52. The Labute approximate surface area is 139 Å². The van der Waals surface area contributed by atoms with Gasteiger partial charge >= 0.3 is 0 Å². The van der Waals surface area contributed by atoms with E-state index in [9.17, 15) is 15.0 Å². The smallest absolute Gasteiger partial charge is 0.160 e. The van der Waals surface area contributed by atoms with Gasteiger partial charge in [-0.1, -0.05) is 33.3 Å². The van der Waals surface area contributed by atoms with Crippen molar-refractivity contribution in [1.82, 2.24) is 0 Å². The molecule has 128 valence electrons. The van der Waals surface area contributed by atoms with E-state index in [0.717, 1.165) is 24.8 Å². The number of hydrogen-bond donors (Lipinski definition) is 2. The Morgan fingerprint density at radius 1 is 1.17 bits per heavy atom. The van der Waals surface area contributed by atoms with Crippen molar-refractivity contribution in [2.75, 3.05) is 0 Å². The van der Waals surface area contributed by atoms with E-state index in [2.05, 4.69) is 34.6 Å². The van der Waals surface area contributed by atoms with Gasteiger partial charge in [0, 0.05) is 28.7 Å². The lowest BCUT2D eigenvalue weighted by Gasteiger charge is -2.59. The largest absolute Gasteiger partial charge is 0.390 e. The summed E-state index contributed by atoms with van der Waals surface area (Å²) < 4.78 is 0. The van der Waals surface area contributed by atoms with Crippen LogP contribution >= 0.6 is 0 Å². The van der Waals surface area contributed by atoms with Gasteiger partial charge in [0.15, 0.2) is 5.78 Å². The molecule has 3 fully saturated rings. The van der Waals surface area contributed by atoms with Crippen molar-refractivity contribution in [3.63, 3.8) is 0 Å². The second kappa shape index (κ2) is 4.11. The number of rotatable bonds is 0. The van der Waals surface area contributed by atoms with Gasteiger partial charge in [-0.2, -0.15) is 0 Å². The van der Waals surface area contributed by atoms with Gasteiger partial charge in [0.1, 0.15) is 0 Å². The van der Waals surface area contributed by atoms with Crippen molar-refractivity contribution in [1.29, 1.82) is 0 Å². The number of hydrogen-bond acceptors (Lipinski definition) is 3. The lowest BCUT2D eigenvalue weighted by Crippen LogP contribution is -2.57. The molecule has 0 radical (unpaired) electrons. The maximum atomic E-state index is 12.3. The summed E-state index contributed by atoms with van der Waals surface area (Å²) >= 11 is 0. The topological polar surface area (TPSA) is 57.5 Å². The number of ketones is 1. The summed E-state index contributed by atoms with van der Waals surface area (Å²) in [7, 11) is 0. The highest BCUT2D eigenvalue weighted by atomic mass is 16.3. The number of Topliss-reactive ketones (excluding diaryl/α,β-unsaturated/α-hetero) is 1. The van der Waals surface area contributed by atoms with Crippen LogP contribution in [0, 0.1) is 28.1 Å². The minimum Gasteiger partial charge on any atom is -0.390 e. The van der Waals surface area contributed by atoms with Crippen LogP contribution < -0.4 is 0 Å². The summed E-state index contributed by atoms with van der Waals surface area (Å²) in [6.45, 7) is 10.9. The van der Waals surface area contributed by atoms with Crippen molar-refractivity contribution in [2.45, 2.75) is 78.4 Å². The molecule has 0 aliphatic heterocycles. The van der Waals surface area contributed by atoms with Crippen molar-refractivity contribution < 1.29 is 15.0 Å². The van der Waals surface area contributed by atoms with Crippen molar-refractivity contribution >= 4 is 5.78 Å². The Morgan fingerprint density at radius 3 is 2.43 bits per heavy atom. The molecule has 2 bridgehead atoms. The number of carbonyl (C=O) groups is 1. The van der Waals surface area contributed by atoms with Crippen LogP contribution in [-0.2, 0) is 4.79 Å². The number of allylic oxidation sites excluding steroid dienone is 2. The fraction of sp³-hybridized carbons (Fsp3) is 0.850. The number of aliphatic hydroxyl groups excluding tert-OH is 1. The summed E-state index contributed by atoms with van der Waals surface area (Å²) in [6.07, 6.45) is 3.32. The molecule has 0 unspecified atom stereocenters. The third-order valence-electron chi connectivity index (χ3n) is 8.85. The predicted molar refractivity (Wildman–Crippen MR) is 88.7 cm³/mol. The van der Waals surface area contributed by atoms with Crippen LogP contribution in [0.1, 0.15) is 66.7 Å². The van der Waals surface area contributed by atoms with E-state index in [1.165, 1.54) is 5.57 Å². The fourth-order valence-corrected chi connectivity index (χ4v) is 7.66. The van der Waals surface area contributed by atoms with Gasteiger partial charge in [0.2, 0.25) is 0 Å². The van der Waals surface area contributed by atoms with E-state index in [0.29, 0.717) is 18.8 Å². The Bertz CT molecular complexity index is 633. The number of carbonyl (C=O) groups excluding carboxylic acids is 1. The molecule has 4 aliphatic carbocycles. The normalized spacial score (nSPS) is 54.2. The highest BCUT2D eigenvalue weighted by Gasteiger charge is 2.79. The van der Waals surface area contributed by atoms with E-state index < -0.39 is 11.7 Å². The Hall–Kier alpha value is -0.670. The first-order valence-corrected chi connectivity index (χ1v) is 9.18. The van der Waals surface area contributed by atoms with Crippen LogP contribution in [0.15, 0.2) is 11.1 Å². The van der Waals surface area contributed by atoms with E-state index in [4.69, 9.17) is 0 Å². The lowest BCUT2D eigenvalue weighted by atomic mass is 9.45. The molecule has 0 amide bonds. The predicted octanol–water partition coefficient (Wildman–Crippen LogP) is 3.24. The molecule has 2 N–H and O–H groups in total. The Kier molecular flexibility index (Phi) is 2.83. The van der Waals surface area contributed by atoms with Gasteiger partial charge in [0.05, 0.1) is 11.7 Å². The molecule has 0 heterocycles. The van der Waals surface area contributed by atoms with E-state index in [1.54, 1.807) is 0 Å². The molecule has 0 aromatic heterocycles. The zero-order chi connectivity index (χ0) is 17.0. The third kappa shape index (κ3) is 1.37. The van der Waals surface area contributed by atoms with Crippen LogP contribution in [0.2, 0.25) is 0 Å². The molecule has 23 heavy (non-hydrogen) atoms. The fourth-order valence-electron chi connectivity index (χ4n) is 7.66. The molecule has 3 nitrogen and oxygen atoms in total. The molecular formula is C20H30O3. The van der Waals surface area contributed by atoms with Crippen LogP contribution in [0.4, 0.5) is 0 Å². The lowest BCUT2D eigenvalue weighted by molar-refractivity contribution is -0.170. The molecule has 3 saturated carbocycles. The first-order valence-electron chi connectivity index (χ1n) is 9.18. The highest BCUT2D eigenvalue weighted by molar-refractivity contribution is 6.05. The van der Waals surface area contributed by atoms with E-state index in [-0.39, 0.29) is 27.9 Å². The van der Waals surface area contributed by atoms with Gasteiger partial charge in [-0.3, -0.25) is 4.79 Å². The maximum absolute atomic E-state index is 12.3. The molecule has 4 rings (SSSR count). The standard InChI is InChI=1S/C20H30O3/c1-11-6-8-19-12(2)7-9-20(23,17(19,3)4)16(22)15(19)18(5)10-13(21)14(11)18/h12,15-16,22-23H,6-10H2,1-5H3/t12-,15+,16-,18-,19-,20-/m1/s1. The summed E-state index contributed by atoms with van der Waals surface area (Å²) in [4.78, 5) is 12.3. The van der Waals surface area contributed by atoms with Gasteiger partial charge in [-0.25, -0.2) is 0 Å². The first kappa shape index (κ1) is 15.8. The number of fused-ring (bicyclic) bond motifs is 3. The molecule has 0 aromatic carbocycles. The minimum absolute atomic E-state index is 0.0161. The summed E-state index contributed by atoms with van der Waals surface area (Å²) in [5, 5.41) is 22.8. The molecular weight excluding hydrogens is 288 g/mol. The molecule has 1 spiro atoms. The maximum Gasteiger partial charge on any atom is 0.160 e. The van der Waals surface area contributed by atoms with Crippen molar-refractivity contribution in [3.8, 4) is 0 Å². The van der Waals surface area contributed by atoms with Crippen LogP contribution in [-0.4, -0.2) is 27.7 Å². The van der Waals surface area contributed by atoms with Crippen LogP contribution in [0.5, 0.6) is 0 Å². The second-order valence-corrected chi connectivity index (χ2v) is 9.62. The molecule has 3 heteroatoms. The summed E-state index contributed by atoms with van der Waals surface area (Å²) in [6, 6.07) is 0. The quantitative estimate of drug-likeness (QED) is 0.721. The van der Waals surface area contributed by atoms with Crippen molar-refractivity contribution in [2.24, 2.45) is 28.1 Å². The number of aliphatic hydroxyl groups is 2. The first-order chi connectivity index (χ1) is 10.5. The van der Waals surface area contributed by atoms with E-state index >= 15 is 0 Å². The SMILES string of the molecule is CC1=C2C(=O)C[C@@]2(C)[C@@H]2[C@@H](O)[C@]3(O)CC[C@@H](C)[C@@]2(CC1)C3(C)C. The zero-order valence-electron chi connectivity index (χ0n) is 15.1. The summed E-state index contributed by atoms with van der Waals surface area (Å²) in [5.41, 5.74) is 0.464.